The maximum atomic E-state index is 12.4. The van der Waals surface area contributed by atoms with E-state index in [1.165, 1.54) is 16.8 Å². The Balaban J connectivity index is 1.79. The molecule has 2 aromatic heterocycles. The topological polar surface area (TPSA) is 99.9 Å². The highest BCUT2D eigenvalue weighted by Gasteiger charge is 2.18. The van der Waals surface area contributed by atoms with Gasteiger partial charge in [-0.05, 0) is 45.0 Å². The van der Waals surface area contributed by atoms with Crippen molar-refractivity contribution in [2.45, 2.75) is 32.9 Å². The van der Waals surface area contributed by atoms with Gasteiger partial charge in [-0.25, -0.2) is 14.3 Å². The lowest BCUT2D eigenvalue weighted by Gasteiger charge is -2.24. The van der Waals surface area contributed by atoms with E-state index in [0.717, 1.165) is 12.0 Å². The number of phenols is 1. The molecule has 28 heavy (non-hydrogen) atoms. The highest BCUT2D eigenvalue weighted by molar-refractivity contribution is 5.95. The number of ether oxygens (including phenoxy) is 1. The number of phenolic OH excluding ortho intramolecular Hbond substituents is 1. The number of aromatic nitrogens is 3. The Bertz CT molecular complexity index is 1020. The van der Waals surface area contributed by atoms with Gasteiger partial charge >= 0.3 is 5.97 Å². The normalized spacial score (nSPS) is 12.4. The van der Waals surface area contributed by atoms with Crippen LogP contribution >= 0.6 is 0 Å². The van der Waals surface area contributed by atoms with Crippen molar-refractivity contribution in [3.63, 3.8) is 0 Å². The van der Waals surface area contributed by atoms with Crippen LogP contribution in [0.2, 0.25) is 0 Å². The minimum absolute atomic E-state index is 0.181. The standard InChI is InChI=1S/C20H24N4O4/c1-4-28-20(27)17-11-21-24-18(26)10-15(22-19(17)24)12-23(3)13(2)9-14-5-7-16(25)8-6-14/h5-8,10-11,13,21,25H,4,9,12H2,1-3H3/t13-/m1/s1. The van der Waals surface area contributed by atoms with Gasteiger partial charge in [0, 0.05) is 24.8 Å². The lowest BCUT2D eigenvalue weighted by molar-refractivity contribution is 0.0528. The predicted octanol–water partition coefficient (Wildman–Crippen LogP) is 1.97. The number of fused-ring (bicyclic) bond motifs is 1. The molecule has 0 amide bonds. The first-order chi connectivity index (χ1) is 13.4. The molecule has 0 radical (unpaired) electrons. The molecule has 0 saturated heterocycles. The van der Waals surface area contributed by atoms with Gasteiger partial charge in [0.25, 0.3) is 5.56 Å². The highest BCUT2D eigenvalue weighted by atomic mass is 16.5. The second-order valence-corrected chi connectivity index (χ2v) is 6.79. The number of nitrogens with zero attached hydrogens (tertiary/aromatic N) is 3. The number of H-pyrrole nitrogens is 1. The Hall–Kier alpha value is -3.13. The number of likely N-dealkylation sites (N-methyl/N-ethyl adjacent to an activating group) is 1. The third kappa shape index (κ3) is 4.23. The molecule has 2 N–H and O–H groups in total. The van der Waals surface area contributed by atoms with Gasteiger partial charge in [-0.3, -0.25) is 14.8 Å². The molecule has 0 bridgehead atoms. The summed E-state index contributed by atoms with van der Waals surface area (Å²) in [5, 5.41) is 12.1. The van der Waals surface area contributed by atoms with Gasteiger partial charge < -0.3 is 9.84 Å². The second-order valence-electron chi connectivity index (χ2n) is 6.79. The molecule has 2 heterocycles. The fourth-order valence-corrected chi connectivity index (χ4v) is 3.01. The molecule has 8 nitrogen and oxygen atoms in total. The Kier molecular flexibility index (Phi) is 5.79. The van der Waals surface area contributed by atoms with Crippen molar-refractivity contribution < 1.29 is 14.6 Å². The van der Waals surface area contributed by atoms with E-state index in [9.17, 15) is 14.7 Å². The average molecular weight is 384 g/mol. The molecule has 0 aliphatic rings. The fraction of sp³-hybridized carbons (Fsp3) is 0.350. The van der Waals surface area contributed by atoms with Gasteiger partial charge in [-0.15, -0.1) is 0 Å². The molecule has 0 unspecified atom stereocenters. The summed E-state index contributed by atoms with van der Waals surface area (Å²) in [5.74, 6) is -0.272. The van der Waals surface area contributed by atoms with Crippen molar-refractivity contribution in [2.24, 2.45) is 0 Å². The van der Waals surface area contributed by atoms with Crippen LogP contribution in [0.25, 0.3) is 5.65 Å². The van der Waals surface area contributed by atoms with Gasteiger partial charge in [0.2, 0.25) is 0 Å². The van der Waals surface area contributed by atoms with Crippen LogP contribution in [0, 0.1) is 0 Å². The SMILES string of the molecule is CCOC(=O)c1c[nH]n2c(=O)cc(CN(C)[C@H](C)Cc3ccc(O)cc3)nc12. The van der Waals surface area contributed by atoms with Gasteiger partial charge in [0.15, 0.2) is 5.65 Å². The molecule has 1 atom stereocenters. The molecular formula is C20H24N4O4. The summed E-state index contributed by atoms with van der Waals surface area (Å²) < 4.78 is 6.26. The Labute approximate surface area is 162 Å². The predicted molar refractivity (Wildman–Crippen MR) is 105 cm³/mol. The molecule has 0 fully saturated rings. The summed E-state index contributed by atoms with van der Waals surface area (Å²) in [6.45, 7) is 4.51. The van der Waals surface area contributed by atoms with E-state index in [2.05, 4.69) is 21.9 Å². The number of carbonyl (C=O) groups excluding carboxylic acids is 1. The maximum absolute atomic E-state index is 12.4. The molecule has 3 aromatic rings. The third-order valence-corrected chi connectivity index (χ3v) is 4.68. The van der Waals surface area contributed by atoms with Crippen LogP contribution in [-0.4, -0.2) is 50.3 Å². The van der Waals surface area contributed by atoms with Crippen molar-refractivity contribution in [2.75, 3.05) is 13.7 Å². The van der Waals surface area contributed by atoms with E-state index >= 15 is 0 Å². The van der Waals surface area contributed by atoms with E-state index in [1.54, 1.807) is 19.1 Å². The van der Waals surface area contributed by atoms with Crippen molar-refractivity contribution in [1.29, 1.82) is 0 Å². The van der Waals surface area contributed by atoms with Crippen LogP contribution in [0.3, 0.4) is 0 Å². The van der Waals surface area contributed by atoms with E-state index in [1.807, 2.05) is 19.2 Å². The van der Waals surface area contributed by atoms with Gasteiger partial charge in [0.1, 0.15) is 11.3 Å². The van der Waals surface area contributed by atoms with Crippen molar-refractivity contribution >= 4 is 11.6 Å². The van der Waals surface area contributed by atoms with Crippen LogP contribution < -0.4 is 5.56 Å². The lowest BCUT2D eigenvalue weighted by atomic mass is 10.1. The van der Waals surface area contributed by atoms with Crippen LogP contribution in [0.4, 0.5) is 0 Å². The number of carbonyl (C=O) groups is 1. The second kappa shape index (κ2) is 8.26. The van der Waals surface area contributed by atoms with Crippen LogP contribution in [0.15, 0.2) is 41.3 Å². The van der Waals surface area contributed by atoms with Crippen LogP contribution in [-0.2, 0) is 17.7 Å². The molecule has 8 heteroatoms. The number of aromatic hydroxyl groups is 1. The zero-order valence-corrected chi connectivity index (χ0v) is 16.2. The number of aromatic amines is 1. The summed E-state index contributed by atoms with van der Waals surface area (Å²) in [6.07, 6.45) is 2.22. The molecule has 0 saturated carbocycles. The van der Waals surface area contributed by atoms with Crippen LogP contribution in [0.5, 0.6) is 5.75 Å². The summed E-state index contributed by atoms with van der Waals surface area (Å²) in [7, 11) is 1.96. The number of esters is 1. The molecule has 148 valence electrons. The molecule has 3 rings (SSSR count). The smallest absolute Gasteiger partial charge is 0.343 e. The van der Waals surface area contributed by atoms with Gasteiger partial charge in [-0.2, -0.15) is 0 Å². The third-order valence-electron chi connectivity index (χ3n) is 4.68. The summed E-state index contributed by atoms with van der Waals surface area (Å²) in [5.41, 5.74) is 1.90. The summed E-state index contributed by atoms with van der Waals surface area (Å²) >= 11 is 0. The maximum Gasteiger partial charge on any atom is 0.343 e. The average Bonchev–Trinajstić information content (AvgIpc) is 3.08. The minimum atomic E-state index is -0.514. The van der Waals surface area contributed by atoms with E-state index in [4.69, 9.17) is 4.74 Å². The lowest BCUT2D eigenvalue weighted by Crippen LogP contribution is -2.31. The first-order valence-electron chi connectivity index (χ1n) is 9.14. The molecule has 0 aliphatic carbocycles. The largest absolute Gasteiger partial charge is 0.508 e. The van der Waals surface area contributed by atoms with E-state index in [-0.39, 0.29) is 35.2 Å². The number of nitrogens with one attached hydrogen (secondary N) is 1. The van der Waals surface area contributed by atoms with Crippen molar-refractivity contribution in [3.8, 4) is 5.75 Å². The fourth-order valence-electron chi connectivity index (χ4n) is 3.01. The quantitative estimate of drug-likeness (QED) is 0.604. The number of rotatable bonds is 7. The molecule has 0 aliphatic heterocycles. The van der Waals surface area contributed by atoms with Gasteiger partial charge in [-0.1, -0.05) is 12.1 Å². The molecule has 1 aromatic carbocycles. The first kappa shape index (κ1) is 19.6. The first-order valence-corrected chi connectivity index (χ1v) is 9.14. The zero-order valence-electron chi connectivity index (χ0n) is 16.2. The minimum Gasteiger partial charge on any atom is -0.508 e. The summed E-state index contributed by atoms with van der Waals surface area (Å²) in [4.78, 5) is 31.0. The monoisotopic (exact) mass is 384 g/mol. The van der Waals surface area contributed by atoms with E-state index in [0.29, 0.717) is 12.2 Å². The molecule has 0 spiro atoms. The van der Waals surface area contributed by atoms with Gasteiger partial charge in [0.05, 0.1) is 12.3 Å². The highest BCUT2D eigenvalue weighted by Crippen LogP contribution is 2.15. The van der Waals surface area contributed by atoms with Crippen LogP contribution in [0.1, 0.15) is 35.5 Å². The zero-order chi connectivity index (χ0) is 20.3. The van der Waals surface area contributed by atoms with Crippen molar-refractivity contribution in [1.82, 2.24) is 19.5 Å². The Morgan fingerprint density at radius 3 is 2.75 bits per heavy atom. The number of hydrogen-bond acceptors (Lipinski definition) is 6. The molecular weight excluding hydrogens is 360 g/mol. The van der Waals surface area contributed by atoms with E-state index < -0.39 is 5.97 Å². The van der Waals surface area contributed by atoms with Crippen molar-refractivity contribution in [3.05, 3.63) is 63.7 Å². The number of hydrogen-bond donors (Lipinski definition) is 2. The number of benzene rings is 1. The summed E-state index contributed by atoms with van der Waals surface area (Å²) in [6, 6.07) is 8.76. The Morgan fingerprint density at radius 2 is 2.07 bits per heavy atom. The Morgan fingerprint density at radius 1 is 1.36 bits per heavy atom.